The van der Waals surface area contributed by atoms with E-state index in [2.05, 4.69) is 29.6 Å². The van der Waals surface area contributed by atoms with Crippen molar-refractivity contribution in [2.24, 2.45) is 0 Å². The second-order valence-electron chi connectivity index (χ2n) is 5.96. The van der Waals surface area contributed by atoms with Gasteiger partial charge in [-0.15, -0.1) is 0 Å². The van der Waals surface area contributed by atoms with Gasteiger partial charge in [-0.05, 0) is 31.4 Å². The Kier molecular flexibility index (Phi) is 3.34. The lowest BCUT2D eigenvalue weighted by molar-refractivity contribution is -0.140. The minimum absolute atomic E-state index is 0.0498. The van der Waals surface area contributed by atoms with E-state index in [-0.39, 0.29) is 23.9 Å². The van der Waals surface area contributed by atoms with Crippen LogP contribution in [0.25, 0.3) is 0 Å². The Hall–Kier alpha value is -1.68. The minimum Gasteiger partial charge on any atom is -0.305 e. The number of hydrogen-bond donors (Lipinski definition) is 1. The predicted octanol–water partition coefficient (Wildman–Crippen LogP) is 1.45. The summed E-state index contributed by atoms with van der Waals surface area (Å²) >= 11 is 0. The zero-order valence-electron chi connectivity index (χ0n) is 11.9. The van der Waals surface area contributed by atoms with Crippen molar-refractivity contribution in [3.63, 3.8) is 0 Å². The van der Waals surface area contributed by atoms with Crippen LogP contribution in [0.1, 0.15) is 37.3 Å². The molecule has 1 saturated heterocycles. The summed E-state index contributed by atoms with van der Waals surface area (Å²) < 4.78 is 0. The topological polar surface area (TPSA) is 49.4 Å². The van der Waals surface area contributed by atoms with Crippen LogP contribution in [0, 0.1) is 0 Å². The van der Waals surface area contributed by atoms with Crippen molar-refractivity contribution in [1.82, 2.24) is 10.2 Å². The van der Waals surface area contributed by atoms with E-state index in [1.165, 1.54) is 16.0 Å². The summed E-state index contributed by atoms with van der Waals surface area (Å²) in [6, 6.07) is 8.02. The van der Waals surface area contributed by atoms with Gasteiger partial charge in [0.15, 0.2) is 0 Å². The van der Waals surface area contributed by atoms with E-state index in [1.54, 1.807) is 0 Å². The van der Waals surface area contributed by atoms with Gasteiger partial charge < -0.3 is 5.32 Å². The lowest BCUT2D eigenvalue weighted by atomic mass is 9.77. The molecule has 0 bridgehead atoms. The molecule has 1 aliphatic heterocycles. The Morgan fingerprint density at radius 3 is 2.65 bits per heavy atom. The molecule has 1 heterocycles. The number of fused-ring (bicyclic) bond motifs is 1. The first kappa shape index (κ1) is 13.3. The molecule has 2 atom stereocenters. The van der Waals surface area contributed by atoms with E-state index in [9.17, 15) is 9.59 Å². The first-order chi connectivity index (χ1) is 9.58. The van der Waals surface area contributed by atoms with Gasteiger partial charge in [-0.2, -0.15) is 0 Å². The number of nitrogens with one attached hydrogen (secondary N) is 1. The molecule has 4 nitrogen and oxygen atoms in total. The van der Waals surface area contributed by atoms with E-state index in [0.29, 0.717) is 12.3 Å². The molecule has 1 aromatic carbocycles. The molecule has 1 aliphatic carbocycles. The fourth-order valence-electron chi connectivity index (χ4n) is 3.18. The number of benzene rings is 1. The lowest BCUT2D eigenvalue weighted by Gasteiger charge is -2.31. The van der Waals surface area contributed by atoms with Gasteiger partial charge >= 0.3 is 0 Å². The van der Waals surface area contributed by atoms with E-state index < -0.39 is 0 Å². The second-order valence-corrected chi connectivity index (χ2v) is 5.96. The quantitative estimate of drug-likeness (QED) is 0.844. The monoisotopic (exact) mass is 272 g/mol. The SMILES string of the molecule is CC(C)N1C(=O)CC(NCC2Cc3ccccc32)C1=O. The average molecular weight is 272 g/mol. The van der Waals surface area contributed by atoms with Crippen LogP contribution in [0.15, 0.2) is 24.3 Å². The molecule has 2 unspecified atom stereocenters. The number of amides is 2. The van der Waals surface area contributed by atoms with Crippen molar-refractivity contribution in [2.45, 2.75) is 44.7 Å². The van der Waals surface area contributed by atoms with Crippen molar-refractivity contribution < 1.29 is 9.59 Å². The van der Waals surface area contributed by atoms with Gasteiger partial charge in [0.25, 0.3) is 0 Å². The van der Waals surface area contributed by atoms with Gasteiger partial charge in [-0.1, -0.05) is 24.3 Å². The fourth-order valence-corrected chi connectivity index (χ4v) is 3.18. The second kappa shape index (κ2) is 5.02. The molecule has 1 N–H and O–H groups in total. The number of carbonyl (C=O) groups excluding carboxylic acids is 2. The van der Waals surface area contributed by atoms with Gasteiger partial charge in [0.2, 0.25) is 11.8 Å². The standard InChI is InChI=1S/C16H20N2O2/c1-10(2)18-15(19)8-14(16(18)20)17-9-12-7-11-5-3-4-6-13(11)12/h3-6,10,12,14,17H,7-9H2,1-2H3. The highest BCUT2D eigenvalue weighted by atomic mass is 16.2. The maximum absolute atomic E-state index is 12.2. The third-order valence-electron chi connectivity index (χ3n) is 4.27. The molecule has 106 valence electrons. The maximum atomic E-state index is 12.2. The smallest absolute Gasteiger partial charge is 0.247 e. The van der Waals surface area contributed by atoms with Gasteiger partial charge in [-0.25, -0.2) is 0 Å². The van der Waals surface area contributed by atoms with Crippen LogP contribution in [0.4, 0.5) is 0 Å². The molecule has 3 rings (SSSR count). The maximum Gasteiger partial charge on any atom is 0.247 e. The summed E-state index contributed by atoms with van der Waals surface area (Å²) in [4.78, 5) is 25.4. The zero-order chi connectivity index (χ0) is 14.3. The Morgan fingerprint density at radius 2 is 2.00 bits per heavy atom. The predicted molar refractivity (Wildman–Crippen MR) is 76.3 cm³/mol. The van der Waals surface area contributed by atoms with Crippen molar-refractivity contribution >= 4 is 11.8 Å². The molecule has 1 fully saturated rings. The molecular formula is C16H20N2O2. The summed E-state index contributed by atoms with van der Waals surface area (Å²) in [6.45, 7) is 4.52. The number of likely N-dealkylation sites (tertiary alicyclic amines) is 1. The zero-order valence-corrected chi connectivity index (χ0v) is 11.9. The summed E-state index contributed by atoms with van der Waals surface area (Å²) in [5, 5.41) is 3.28. The summed E-state index contributed by atoms with van der Waals surface area (Å²) in [5.74, 6) is 0.344. The number of carbonyl (C=O) groups is 2. The van der Waals surface area contributed by atoms with E-state index in [1.807, 2.05) is 13.8 Å². The number of imide groups is 1. The fraction of sp³-hybridized carbons (Fsp3) is 0.500. The van der Waals surface area contributed by atoms with Gasteiger partial charge in [-0.3, -0.25) is 14.5 Å². The minimum atomic E-state index is -0.335. The average Bonchev–Trinajstić information content (AvgIpc) is 2.65. The molecule has 2 aliphatic rings. The Labute approximate surface area is 119 Å². The van der Waals surface area contributed by atoms with Crippen molar-refractivity contribution in [3.8, 4) is 0 Å². The first-order valence-corrected chi connectivity index (χ1v) is 7.25. The number of nitrogens with zero attached hydrogens (tertiary/aromatic N) is 1. The Morgan fingerprint density at radius 1 is 1.25 bits per heavy atom. The van der Waals surface area contributed by atoms with Gasteiger partial charge in [0.1, 0.15) is 0 Å². The third-order valence-corrected chi connectivity index (χ3v) is 4.27. The first-order valence-electron chi connectivity index (χ1n) is 7.25. The molecule has 0 spiro atoms. The van der Waals surface area contributed by atoms with Gasteiger partial charge in [0.05, 0.1) is 12.5 Å². The van der Waals surface area contributed by atoms with Crippen LogP contribution in [-0.4, -0.2) is 35.3 Å². The molecule has 2 amide bonds. The highest BCUT2D eigenvalue weighted by molar-refractivity contribution is 6.05. The van der Waals surface area contributed by atoms with Crippen LogP contribution in [-0.2, 0) is 16.0 Å². The molecule has 0 radical (unpaired) electrons. The van der Waals surface area contributed by atoms with Crippen molar-refractivity contribution in [2.75, 3.05) is 6.54 Å². The van der Waals surface area contributed by atoms with Gasteiger partial charge in [0, 0.05) is 18.5 Å². The largest absolute Gasteiger partial charge is 0.305 e. The normalized spacial score (nSPS) is 25.1. The molecule has 20 heavy (non-hydrogen) atoms. The molecule has 4 heteroatoms. The van der Waals surface area contributed by atoms with Crippen LogP contribution in [0.2, 0.25) is 0 Å². The highest BCUT2D eigenvalue weighted by Gasteiger charge is 2.40. The van der Waals surface area contributed by atoms with Crippen molar-refractivity contribution in [3.05, 3.63) is 35.4 Å². The van der Waals surface area contributed by atoms with E-state index in [0.717, 1.165) is 13.0 Å². The number of hydrogen-bond acceptors (Lipinski definition) is 3. The molecular weight excluding hydrogens is 252 g/mol. The summed E-state index contributed by atoms with van der Waals surface area (Å²) in [5.41, 5.74) is 2.77. The molecule has 0 aromatic heterocycles. The van der Waals surface area contributed by atoms with Crippen LogP contribution < -0.4 is 5.32 Å². The van der Waals surface area contributed by atoms with Crippen LogP contribution >= 0.6 is 0 Å². The van der Waals surface area contributed by atoms with Crippen LogP contribution in [0.5, 0.6) is 0 Å². The Bertz CT molecular complexity index is 553. The lowest BCUT2D eigenvalue weighted by Crippen LogP contribution is -2.43. The molecule has 0 saturated carbocycles. The molecule has 1 aromatic rings. The van der Waals surface area contributed by atoms with E-state index >= 15 is 0 Å². The van der Waals surface area contributed by atoms with Crippen molar-refractivity contribution in [1.29, 1.82) is 0 Å². The highest BCUT2D eigenvalue weighted by Crippen LogP contribution is 2.34. The third kappa shape index (κ3) is 2.14. The summed E-state index contributed by atoms with van der Waals surface area (Å²) in [7, 11) is 0. The Balaban J connectivity index is 1.58. The van der Waals surface area contributed by atoms with E-state index in [4.69, 9.17) is 0 Å². The number of rotatable bonds is 4. The van der Waals surface area contributed by atoms with Crippen LogP contribution in [0.3, 0.4) is 0 Å². The summed E-state index contributed by atoms with van der Waals surface area (Å²) in [6.07, 6.45) is 1.36.